The number of ether oxygens (including phenoxy) is 3. The molecule has 0 unspecified atom stereocenters. The summed E-state index contributed by atoms with van der Waals surface area (Å²) in [6, 6.07) is 13.2. The van der Waals surface area contributed by atoms with Crippen molar-refractivity contribution in [2.45, 2.75) is 0 Å². The van der Waals surface area contributed by atoms with Crippen LogP contribution in [-0.4, -0.2) is 41.1 Å². The van der Waals surface area contributed by atoms with Crippen molar-refractivity contribution in [3.63, 3.8) is 0 Å². The predicted octanol–water partition coefficient (Wildman–Crippen LogP) is 4.59. The van der Waals surface area contributed by atoms with E-state index in [2.05, 4.69) is 15.4 Å². The second-order valence-electron chi connectivity index (χ2n) is 7.21. The van der Waals surface area contributed by atoms with Crippen LogP contribution in [-0.2, 0) is 11.8 Å². The van der Waals surface area contributed by atoms with Crippen molar-refractivity contribution < 1.29 is 19.0 Å². The van der Waals surface area contributed by atoms with Gasteiger partial charge in [0.1, 0.15) is 18.7 Å². The van der Waals surface area contributed by atoms with E-state index in [0.29, 0.717) is 52.1 Å². The average Bonchev–Trinajstić information content (AvgIpc) is 3.14. The lowest BCUT2D eigenvalue weighted by Gasteiger charge is -2.19. The molecule has 0 saturated carbocycles. The molecule has 4 aromatic rings. The van der Waals surface area contributed by atoms with Gasteiger partial charge in [-0.2, -0.15) is 5.10 Å². The largest absolute Gasteiger partial charge is 0.486 e. The molecule has 1 N–H and O–H groups in total. The van der Waals surface area contributed by atoms with E-state index >= 15 is 0 Å². The molecular formula is C23H19ClN4O4. The van der Waals surface area contributed by atoms with Crippen LogP contribution in [0.15, 0.2) is 48.7 Å². The number of methoxy groups -OCH3 is 1. The number of anilines is 2. The number of carbonyl (C=O) groups excluding carboxylic acids is 1. The number of esters is 1. The van der Waals surface area contributed by atoms with Gasteiger partial charge in [0.05, 0.1) is 28.9 Å². The summed E-state index contributed by atoms with van der Waals surface area (Å²) in [7, 11) is 3.11. The van der Waals surface area contributed by atoms with Crippen LogP contribution in [0.1, 0.15) is 10.4 Å². The number of pyridine rings is 1. The molecule has 0 fully saturated rings. The van der Waals surface area contributed by atoms with Crippen LogP contribution in [0.3, 0.4) is 0 Å². The summed E-state index contributed by atoms with van der Waals surface area (Å²) in [5.74, 6) is 1.50. The van der Waals surface area contributed by atoms with E-state index in [1.165, 1.54) is 13.3 Å². The van der Waals surface area contributed by atoms with Gasteiger partial charge < -0.3 is 19.5 Å². The zero-order valence-corrected chi connectivity index (χ0v) is 18.1. The molecule has 0 aliphatic carbocycles. The molecule has 0 saturated heterocycles. The highest BCUT2D eigenvalue weighted by Gasteiger charge is 2.18. The first-order chi connectivity index (χ1) is 15.5. The van der Waals surface area contributed by atoms with Crippen molar-refractivity contribution in [1.82, 2.24) is 14.8 Å². The molecule has 3 heterocycles. The number of rotatable bonds is 4. The molecule has 5 rings (SSSR count). The summed E-state index contributed by atoms with van der Waals surface area (Å²) in [5.41, 5.74) is 4.09. The van der Waals surface area contributed by atoms with Gasteiger partial charge in [-0.1, -0.05) is 29.8 Å². The van der Waals surface area contributed by atoms with Gasteiger partial charge in [0.15, 0.2) is 17.3 Å². The molecule has 8 nitrogen and oxygen atoms in total. The molecule has 2 aromatic heterocycles. The molecule has 9 heteroatoms. The Hall–Kier alpha value is -3.78. The van der Waals surface area contributed by atoms with Gasteiger partial charge in [-0.25, -0.2) is 9.78 Å². The molecule has 162 valence electrons. The van der Waals surface area contributed by atoms with Gasteiger partial charge in [0, 0.05) is 18.8 Å². The number of nitrogens with one attached hydrogen (secondary N) is 1. The van der Waals surface area contributed by atoms with Crippen molar-refractivity contribution in [2.24, 2.45) is 7.05 Å². The molecule has 1 aliphatic rings. The number of fused-ring (bicyclic) bond motifs is 2. The number of hydrogen-bond acceptors (Lipinski definition) is 7. The third kappa shape index (κ3) is 3.48. The molecule has 2 aromatic carbocycles. The molecule has 0 atom stereocenters. The highest BCUT2D eigenvalue weighted by Crippen LogP contribution is 2.40. The third-order valence-corrected chi connectivity index (χ3v) is 5.62. The highest BCUT2D eigenvalue weighted by atomic mass is 35.5. The fraction of sp³-hybridized carbons (Fsp3) is 0.174. The van der Waals surface area contributed by atoms with Crippen LogP contribution in [0.2, 0.25) is 5.02 Å². The molecule has 32 heavy (non-hydrogen) atoms. The molecular weight excluding hydrogens is 432 g/mol. The Morgan fingerprint density at radius 3 is 2.78 bits per heavy atom. The molecule has 0 amide bonds. The summed E-state index contributed by atoms with van der Waals surface area (Å²) in [6.45, 7) is 1.06. The van der Waals surface area contributed by atoms with Crippen molar-refractivity contribution in [3.8, 4) is 22.6 Å². The lowest BCUT2D eigenvalue weighted by molar-refractivity contribution is 0.0600. The minimum atomic E-state index is -0.453. The zero-order chi connectivity index (χ0) is 22.2. The minimum absolute atomic E-state index is 0.355. The van der Waals surface area contributed by atoms with Crippen LogP contribution >= 0.6 is 11.6 Å². The minimum Gasteiger partial charge on any atom is -0.486 e. The molecule has 1 aliphatic heterocycles. The maximum atomic E-state index is 11.8. The second kappa shape index (κ2) is 8.05. The van der Waals surface area contributed by atoms with Crippen LogP contribution in [0.25, 0.3) is 22.2 Å². The maximum Gasteiger partial charge on any atom is 0.339 e. The Labute approximate surface area is 188 Å². The van der Waals surface area contributed by atoms with E-state index in [4.69, 9.17) is 25.8 Å². The van der Waals surface area contributed by atoms with Crippen LogP contribution in [0.4, 0.5) is 11.5 Å². The lowest BCUT2D eigenvalue weighted by Crippen LogP contribution is -2.15. The van der Waals surface area contributed by atoms with Crippen LogP contribution in [0, 0.1) is 0 Å². The van der Waals surface area contributed by atoms with Crippen molar-refractivity contribution in [3.05, 3.63) is 59.2 Å². The number of carbonyl (C=O) groups is 1. The first-order valence-corrected chi connectivity index (χ1v) is 10.3. The molecule has 0 spiro atoms. The second-order valence-corrected chi connectivity index (χ2v) is 7.58. The van der Waals surface area contributed by atoms with Crippen molar-refractivity contribution in [1.29, 1.82) is 0 Å². The number of aromatic nitrogens is 3. The van der Waals surface area contributed by atoms with E-state index in [9.17, 15) is 4.79 Å². The summed E-state index contributed by atoms with van der Waals surface area (Å²) in [6.07, 6.45) is 1.47. The van der Waals surface area contributed by atoms with Crippen molar-refractivity contribution in [2.75, 3.05) is 25.6 Å². The van der Waals surface area contributed by atoms with Gasteiger partial charge in [-0.15, -0.1) is 0 Å². The summed E-state index contributed by atoms with van der Waals surface area (Å²) in [5, 5.41) is 8.32. The zero-order valence-electron chi connectivity index (χ0n) is 17.4. The van der Waals surface area contributed by atoms with E-state index in [1.54, 1.807) is 17.8 Å². The smallest absolute Gasteiger partial charge is 0.339 e. The van der Waals surface area contributed by atoms with Gasteiger partial charge in [0.2, 0.25) is 0 Å². The normalized spacial score (nSPS) is 12.6. The maximum absolute atomic E-state index is 11.8. The monoisotopic (exact) mass is 450 g/mol. The number of hydrogen-bond donors (Lipinski definition) is 1. The van der Waals surface area contributed by atoms with Gasteiger partial charge >= 0.3 is 5.97 Å². The number of nitrogens with zero attached hydrogens (tertiary/aromatic N) is 3. The number of halogens is 1. The van der Waals surface area contributed by atoms with E-state index in [1.807, 2.05) is 36.4 Å². The third-order valence-electron chi connectivity index (χ3n) is 5.22. The van der Waals surface area contributed by atoms with E-state index in [-0.39, 0.29) is 0 Å². The summed E-state index contributed by atoms with van der Waals surface area (Å²) in [4.78, 5) is 16.2. The van der Waals surface area contributed by atoms with Crippen LogP contribution < -0.4 is 14.8 Å². The number of aryl methyl sites for hydroxylation is 1. The first-order valence-electron chi connectivity index (χ1n) is 9.92. The quantitative estimate of drug-likeness (QED) is 0.455. The Kier molecular flexibility index (Phi) is 5.07. The van der Waals surface area contributed by atoms with Crippen molar-refractivity contribution >= 4 is 40.1 Å². The topological polar surface area (TPSA) is 87.5 Å². The Morgan fingerprint density at radius 2 is 1.97 bits per heavy atom. The fourth-order valence-corrected chi connectivity index (χ4v) is 3.92. The standard InChI is InChI=1S/C23H19ClN4O4/c1-28-17-10-14(23(29)30-2)12-25-21(17)22(27-28)26-16-5-3-4-15(20(16)24)13-6-7-18-19(11-13)32-9-8-31-18/h3-7,10-12H,8-9H2,1-2H3,(H,26,27). The average molecular weight is 451 g/mol. The SMILES string of the molecule is COC(=O)c1cnc2c(Nc3cccc(-c4ccc5c(c4)OCCO5)c3Cl)nn(C)c2c1. The summed E-state index contributed by atoms with van der Waals surface area (Å²) < 4.78 is 17.7. The Bertz CT molecular complexity index is 1350. The van der Waals surface area contributed by atoms with E-state index < -0.39 is 5.97 Å². The molecule has 0 radical (unpaired) electrons. The van der Waals surface area contributed by atoms with Gasteiger partial charge in [-0.05, 0) is 29.8 Å². The van der Waals surface area contributed by atoms with Crippen LogP contribution in [0.5, 0.6) is 11.5 Å². The Balaban J connectivity index is 1.51. The number of benzene rings is 2. The lowest BCUT2D eigenvalue weighted by atomic mass is 10.0. The Morgan fingerprint density at radius 1 is 1.16 bits per heavy atom. The highest BCUT2D eigenvalue weighted by molar-refractivity contribution is 6.36. The van der Waals surface area contributed by atoms with Gasteiger partial charge in [-0.3, -0.25) is 4.68 Å². The first kappa shape index (κ1) is 20.1. The van der Waals surface area contributed by atoms with Gasteiger partial charge in [0.25, 0.3) is 0 Å². The molecule has 0 bridgehead atoms. The predicted molar refractivity (Wildman–Crippen MR) is 121 cm³/mol. The van der Waals surface area contributed by atoms with E-state index in [0.717, 1.165) is 16.9 Å². The fourth-order valence-electron chi connectivity index (χ4n) is 3.64. The summed E-state index contributed by atoms with van der Waals surface area (Å²) >= 11 is 6.77.